The summed E-state index contributed by atoms with van der Waals surface area (Å²) in [5.41, 5.74) is 3.24. The lowest BCUT2D eigenvalue weighted by Gasteiger charge is -2.33. The molecule has 3 heterocycles. The van der Waals surface area contributed by atoms with Crippen LogP contribution in [0.15, 0.2) is 48.8 Å². The number of hydrogen-bond acceptors (Lipinski definition) is 4. The van der Waals surface area contributed by atoms with Crippen LogP contribution in [0.25, 0.3) is 5.69 Å². The maximum atomic E-state index is 14.2. The SMILES string of the molecule is Cc1c([C@H](C)NC2CCN(Cc3ccccn3)CC2)cnn1-c1ccc(F)cc1F. The molecule has 1 atom stereocenters. The summed E-state index contributed by atoms with van der Waals surface area (Å²) in [7, 11) is 0. The van der Waals surface area contributed by atoms with Crippen LogP contribution in [0.3, 0.4) is 0 Å². The number of hydrogen-bond donors (Lipinski definition) is 1. The number of nitrogens with zero attached hydrogens (tertiary/aromatic N) is 4. The summed E-state index contributed by atoms with van der Waals surface area (Å²) in [5.74, 6) is -1.21. The number of piperidine rings is 1. The number of nitrogens with one attached hydrogen (secondary N) is 1. The van der Waals surface area contributed by atoms with Gasteiger partial charge in [0.05, 0.1) is 11.9 Å². The average Bonchev–Trinajstić information content (AvgIpc) is 3.11. The maximum Gasteiger partial charge on any atom is 0.151 e. The molecule has 7 heteroatoms. The van der Waals surface area contributed by atoms with Crippen molar-refractivity contribution >= 4 is 0 Å². The van der Waals surface area contributed by atoms with Gasteiger partial charge in [-0.3, -0.25) is 9.88 Å². The highest BCUT2D eigenvalue weighted by molar-refractivity contribution is 5.37. The van der Waals surface area contributed by atoms with Crippen molar-refractivity contribution in [2.24, 2.45) is 0 Å². The summed E-state index contributed by atoms with van der Waals surface area (Å²) in [6.07, 6.45) is 5.74. The third-order valence-corrected chi connectivity index (χ3v) is 5.84. The van der Waals surface area contributed by atoms with Gasteiger partial charge in [0, 0.05) is 55.2 Å². The summed E-state index contributed by atoms with van der Waals surface area (Å²) in [6, 6.07) is 10.1. The molecule has 158 valence electrons. The predicted molar refractivity (Wildman–Crippen MR) is 112 cm³/mol. The Labute approximate surface area is 175 Å². The first-order chi connectivity index (χ1) is 14.5. The summed E-state index contributed by atoms with van der Waals surface area (Å²) < 4.78 is 28.9. The quantitative estimate of drug-likeness (QED) is 0.661. The third kappa shape index (κ3) is 4.57. The Kier molecular flexibility index (Phi) is 6.20. The number of aromatic nitrogens is 3. The number of benzene rings is 1. The van der Waals surface area contributed by atoms with E-state index in [0.29, 0.717) is 6.04 Å². The van der Waals surface area contributed by atoms with Crippen molar-refractivity contribution in [2.45, 2.75) is 45.3 Å². The van der Waals surface area contributed by atoms with Gasteiger partial charge in [-0.25, -0.2) is 13.5 Å². The van der Waals surface area contributed by atoms with Crippen molar-refractivity contribution in [2.75, 3.05) is 13.1 Å². The van der Waals surface area contributed by atoms with E-state index in [4.69, 9.17) is 0 Å². The molecule has 5 nitrogen and oxygen atoms in total. The highest BCUT2D eigenvalue weighted by Gasteiger charge is 2.23. The van der Waals surface area contributed by atoms with E-state index in [9.17, 15) is 8.78 Å². The predicted octanol–water partition coefficient (Wildman–Crippen LogP) is 4.17. The third-order valence-electron chi connectivity index (χ3n) is 5.84. The van der Waals surface area contributed by atoms with Gasteiger partial charge in [0.25, 0.3) is 0 Å². The van der Waals surface area contributed by atoms with E-state index < -0.39 is 11.6 Å². The van der Waals surface area contributed by atoms with Crippen molar-refractivity contribution < 1.29 is 8.78 Å². The van der Waals surface area contributed by atoms with Crippen molar-refractivity contribution in [1.29, 1.82) is 0 Å². The van der Waals surface area contributed by atoms with Crippen LogP contribution in [-0.4, -0.2) is 38.8 Å². The Morgan fingerprint density at radius 1 is 1.17 bits per heavy atom. The smallest absolute Gasteiger partial charge is 0.151 e. The normalized spacial score (nSPS) is 16.7. The Hall–Kier alpha value is -2.64. The van der Waals surface area contributed by atoms with E-state index in [-0.39, 0.29) is 11.7 Å². The fraction of sp³-hybridized carbons (Fsp3) is 0.391. The van der Waals surface area contributed by atoms with Crippen LogP contribution in [0.2, 0.25) is 0 Å². The van der Waals surface area contributed by atoms with Crippen LogP contribution in [0.5, 0.6) is 0 Å². The van der Waals surface area contributed by atoms with Gasteiger partial charge < -0.3 is 5.32 Å². The maximum absolute atomic E-state index is 14.2. The zero-order valence-corrected chi connectivity index (χ0v) is 17.4. The zero-order valence-electron chi connectivity index (χ0n) is 17.4. The van der Waals surface area contributed by atoms with Crippen molar-refractivity contribution in [3.63, 3.8) is 0 Å². The zero-order chi connectivity index (χ0) is 21.1. The van der Waals surface area contributed by atoms with Gasteiger partial charge in [-0.15, -0.1) is 0 Å². The minimum Gasteiger partial charge on any atom is -0.307 e. The van der Waals surface area contributed by atoms with Crippen LogP contribution in [0, 0.1) is 18.6 Å². The highest BCUT2D eigenvalue weighted by Crippen LogP contribution is 2.24. The molecule has 0 saturated carbocycles. The summed E-state index contributed by atoms with van der Waals surface area (Å²) >= 11 is 0. The van der Waals surface area contributed by atoms with E-state index in [1.54, 1.807) is 6.20 Å². The molecule has 0 amide bonds. The standard InChI is InChI=1S/C23H27F2N5/c1-16(21-14-27-30(17(21)2)23-7-6-18(24)13-22(23)25)28-19-8-11-29(12-9-19)15-20-5-3-4-10-26-20/h3-7,10,13-14,16,19,28H,8-9,11-12,15H2,1-2H3/t16-/m0/s1. The Balaban J connectivity index is 1.36. The Morgan fingerprint density at radius 3 is 2.67 bits per heavy atom. The molecular weight excluding hydrogens is 384 g/mol. The largest absolute Gasteiger partial charge is 0.307 e. The molecule has 1 fully saturated rings. The van der Waals surface area contributed by atoms with Crippen LogP contribution in [0.1, 0.15) is 42.8 Å². The fourth-order valence-electron chi connectivity index (χ4n) is 4.17. The van der Waals surface area contributed by atoms with E-state index >= 15 is 0 Å². The first kappa shape index (κ1) is 20.6. The lowest BCUT2D eigenvalue weighted by molar-refractivity contribution is 0.183. The Bertz CT molecular complexity index is 981. The molecule has 0 spiro atoms. The number of rotatable bonds is 6. The van der Waals surface area contributed by atoms with Gasteiger partial charge in [-0.1, -0.05) is 6.07 Å². The number of pyridine rings is 1. The molecule has 1 saturated heterocycles. The van der Waals surface area contributed by atoms with Gasteiger partial charge >= 0.3 is 0 Å². The van der Waals surface area contributed by atoms with E-state index in [2.05, 4.69) is 33.3 Å². The van der Waals surface area contributed by atoms with Crippen LogP contribution in [-0.2, 0) is 6.54 Å². The molecule has 1 aromatic carbocycles. The first-order valence-electron chi connectivity index (χ1n) is 10.4. The van der Waals surface area contributed by atoms with E-state index in [1.807, 2.05) is 25.3 Å². The monoisotopic (exact) mass is 411 g/mol. The van der Waals surface area contributed by atoms with Crippen LogP contribution < -0.4 is 5.32 Å². The minimum absolute atomic E-state index is 0.0922. The van der Waals surface area contributed by atoms with E-state index in [0.717, 1.165) is 55.5 Å². The first-order valence-corrected chi connectivity index (χ1v) is 10.4. The lowest BCUT2D eigenvalue weighted by Crippen LogP contribution is -2.43. The number of halogens is 2. The molecule has 0 radical (unpaired) electrons. The van der Waals surface area contributed by atoms with Gasteiger partial charge in [0.2, 0.25) is 0 Å². The molecular formula is C23H27F2N5. The molecule has 1 aliphatic heterocycles. The molecule has 1 N–H and O–H groups in total. The summed E-state index contributed by atoms with van der Waals surface area (Å²) in [4.78, 5) is 6.85. The second-order valence-corrected chi connectivity index (χ2v) is 7.95. The van der Waals surface area contributed by atoms with Gasteiger partial charge in [-0.05, 0) is 51.0 Å². The lowest BCUT2D eigenvalue weighted by atomic mass is 10.0. The number of likely N-dealkylation sites (tertiary alicyclic amines) is 1. The molecule has 1 aliphatic rings. The van der Waals surface area contributed by atoms with Gasteiger partial charge in [0.1, 0.15) is 11.5 Å². The average molecular weight is 412 g/mol. The second-order valence-electron chi connectivity index (χ2n) is 7.95. The van der Waals surface area contributed by atoms with Crippen molar-refractivity contribution in [3.8, 4) is 5.69 Å². The summed E-state index contributed by atoms with van der Waals surface area (Å²) in [5, 5.41) is 8.05. The fourth-order valence-corrected chi connectivity index (χ4v) is 4.17. The highest BCUT2D eigenvalue weighted by atomic mass is 19.1. The second kappa shape index (κ2) is 9.02. The van der Waals surface area contributed by atoms with E-state index in [1.165, 1.54) is 16.8 Å². The van der Waals surface area contributed by atoms with Crippen molar-refractivity contribution in [1.82, 2.24) is 25.0 Å². The molecule has 30 heavy (non-hydrogen) atoms. The van der Waals surface area contributed by atoms with Crippen LogP contribution >= 0.6 is 0 Å². The minimum atomic E-state index is -0.617. The summed E-state index contributed by atoms with van der Waals surface area (Å²) in [6.45, 7) is 6.96. The van der Waals surface area contributed by atoms with Crippen LogP contribution in [0.4, 0.5) is 8.78 Å². The van der Waals surface area contributed by atoms with Gasteiger partial charge in [0.15, 0.2) is 5.82 Å². The van der Waals surface area contributed by atoms with Crippen molar-refractivity contribution in [3.05, 3.63) is 77.4 Å². The molecule has 3 aromatic rings. The van der Waals surface area contributed by atoms with Gasteiger partial charge in [-0.2, -0.15) is 5.10 Å². The molecule has 2 aromatic heterocycles. The molecule has 0 aliphatic carbocycles. The molecule has 0 unspecified atom stereocenters. The Morgan fingerprint density at radius 2 is 1.97 bits per heavy atom. The topological polar surface area (TPSA) is 46.0 Å². The molecule has 4 rings (SSSR count). The molecule has 0 bridgehead atoms.